The van der Waals surface area contributed by atoms with Crippen LogP contribution in [0.5, 0.6) is 0 Å². The average Bonchev–Trinajstić information content (AvgIpc) is 2.56. The Hall–Kier alpha value is -3.18. The van der Waals surface area contributed by atoms with Gasteiger partial charge in [0.1, 0.15) is 11.6 Å². The summed E-state index contributed by atoms with van der Waals surface area (Å²) in [6, 6.07) is 14.4. The first-order valence-electron chi connectivity index (χ1n) is 6.68. The van der Waals surface area contributed by atoms with E-state index in [1.165, 1.54) is 30.5 Å². The van der Waals surface area contributed by atoms with Gasteiger partial charge in [-0.1, -0.05) is 22.0 Å². The van der Waals surface area contributed by atoms with Crippen LogP contribution >= 0.6 is 15.9 Å². The van der Waals surface area contributed by atoms with Gasteiger partial charge in [-0.15, -0.1) is 0 Å². The van der Waals surface area contributed by atoms with E-state index in [9.17, 15) is 14.9 Å². The number of nitriles is 1. The van der Waals surface area contributed by atoms with Crippen LogP contribution in [0.25, 0.3) is 0 Å². The molecule has 7 nitrogen and oxygen atoms in total. The predicted octanol–water partition coefficient (Wildman–Crippen LogP) is 3.82. The highest BCUT2D eigenvalue weighted by atomic mass is 79.9. The second-order valence-corrected chi connectivity index (χ2v) is 5.50. The number of hydrogen-bond donors (Lipinski definition) is 2. The largest absolute Gasteiger partial charge is 0.360 e. The van der Waals surface area contributed by atoms with E-state index in [0.29, 0.717) is 11.4 Å². The lowest BCUT2D eigenvalue weighted by atomic mass is 10.2. The molecule has 0 aliphatic carbocycles. The molecule has 24 heavy (non-hydrogen) atoms. The van der Waals surface area contributed by atoms with E-state index in [-0.39, 0.29) is 11.3 Å². The van der Waals surface area contributed by atoms with E-state index in [2.05, 4.69) is 26.6 Å². The van der Waals surface area contributed by atoms with Gasteiger partial charge in [-0.3, -0.25) is 14.9 Å². The summed E-state index contributed by atoms with van der Waals surface area (Å²) in [7, 11) is 0. The number of non-ortho nitro benzene ring substituents is 1. The molecule has 0 fully saturated rings. The minimum absolute atomic E-state index is 0.0830. The van der Waals surface area contributed by atoms with Gasteiger partial charge < -0.3 is 10.6 Å². The van der Waals surface area contributed by atoms with Crippen LogP contribution in [0.2, 0.25) is 0 Å². The second kappa shape index (κ2) is 7.89. The molecule has 0 atom stereocenters. The lowest BCUT2D eigenvalue weighted by Crippen LogP contribution is -2.14. The quantitative estimate of drug-likeness (QED) is 0.351. The predicted molar refractivity (Wildman–Crippen MR) is 93.2 cm³/mol. The fourth-order valence-electron chi connectivity index (χ4n) is 1.75. The zero-order valence-corrected chi connectivity index (χ0v) is 13.8. The number of carbonyl (C=O) groups excluding carboxylic acids is 1. The fourth-order valence-corrected chi connectivity index (χ4v) is 2.15. The van der Waals surface area contributed by atoms with Crippen molar-refractivity contribution in [2.75, 3.05) is 10.6 Å². The molecule has 0 aromatic heterocycles. The number of anilines is 2. The molecule has 0 aliphatic heterocycles. The third kappa shape index (κ3) is 4.66. The number of nitro benzene ring substituents is 1. The van der Waals surface area contributed by atoms with E-state index >= 15 is 0 Å². The van der Waals surface area contributed by atoms with Crippen molar-refractivity contribution in [2.24, 2.45) is 0 Å². The first kappa shape index (κ1) is 17.2. The first-order valence-corrected chi connectivity index (χ1v) is 7.47. The van der Waals surface area contributed by atoms with Gasteiger partial charge in [-0.25, -0.2) is 0 Å². The van der Waals surface area contributed by atoms with Crippen molar-refractivity contribution in [3.63, 3.8) is 0 Å². The number of amides is 1. The van der Waals surface area contributed by atoms with Crippen molar-refractivity contribution in [2.45, 2.75) is 0 Å². The van der Waals surface area contributed by atoms with Crippen LogP contribution in [0.3, 0.4) is 0 Å². The standard InChI is InChI=1S/C16H11BrN4O3/c17-12-2-1-3-14(8-12)19-10-11(9-18)16(22)20-13-4-6-15(7-5-13)21(23)24/h1-8,10,19H,(H,20,22)/b11-10-. The smallest absolute Gasteiger partial charge is 0.269 e. The SMILES string of the molecule is N#C/C(=C/Nc1cccc(Br)c1)C(=O)Nc1ccc([N+](=O)[O-])cc1. The van der Waals surface area contributed by atoms with Gasteiger partial charge in [0.25, 0.3) is 11.6 Å². The van der Waals surface area contributed by atoms with Gasteiger partial charge in [0.05, 0.1) is 4.92 Å². The second-order valence-electron chi connectivity index (χ2n) is 4.58. The molecule has 0 bridgehead atoms. The fraction of sp³-hybridized carbons (Fsp3) is 0. The maximum atomic E-state index is 12.1. The average molecular weight is 387 g/mol. The van der Waals surface area contributed by atoms with Crippen molar-refractivity contribution in [3.05, 3.63) is 74.9 Å². The van der Waals surface area contributed by atoms with Crippen molar-refractivity contribution in [3.8, 4) is 6.07 Å². The van der Waals surface area contributed by atoms with Gasteiger partial charge in [0.2, 0.25) is 0 Å². The molecule has 0 saturated heterocycles. The van der Waals surface area contributed by atoms with Gasteiger partial charge >= 0.3 is 0 Å². The maximum Gasteiger partial charge on any atom is 0.269 e. The molecule has 0 unspecified atom stereocenters. The molecule has 8 heteroatoms. The summed E-state index contributed by atoms with van der Waals surface area (Å²) < 4.78 is 0.856. The number of rotatable bonds is 5. The van der Waals surface area contributed by atoms with Crippen molar-refractivity contribution in [1.29, 1.82) is 5.26 Å². The number of nitrogens with one attached hydrogen (secondary N) is 2. The monoisotopic (exact) mass is 386 g/mol. The Morgan fingerprint density at radius 3 is 2.50 bits per heavy atom. The van der Waals surface area contributed by atoms with E-state index in [1.807, 2.05) is 12.1 Å². The third-order valence-electron chi connectivity index (χ3n) is 2.91. The van der Waals surface area contributed by atoms with E-state index in [1.54, 1.807) is 18.2 Å². The molecule has 2 N–H and O–H groups in total. The Balaban J connectivity index is 2.07. The minimum Gasteiger partial charge on any atom is -0.360 e. The van der Waals surface area contributed by atoms with Crippen molar-refractivity contribution >= 4 is 38.9 Å². The summed E-state index contributed by atoms with van der Waals surface area (Å²) in [5.41, 5.74) is 0.850. The van der Waals surface area contributed by atoms with Crippen LogP contribution < -0.4 is 10.6 Å². The summed E-state index contributed by atoms with van der Waals surface area (Å²) in [5.74, 6) is -0.617. The normalized spacial score (nSPS) is 10.6. The summed E-state index contributed by atoms with van der Waals surface area (Å²) in [5, 5.41) is 25.1. The number of nitrogens with zero attached hydrogens (tertiary/aromatic N) is 2. The maximum absolute atomic E-state index is 12.1. The van der Waals surface area contributed by atoms with Gasteiger partial charge in [0, 0.05) is 34.2 Å². The first-order chi connectivity index (χ1) is 11.5. The van der Waals surface area contributed by atoms with Crippen LogP contribution in [0.1, 0.15) is 0 Å². The summed E-state index contributed by atoms with van der Waals surface area (Å²) >= 11 is 3.32. The van der Waals surface area contributed by atoms with E-state index in [0.717, 1.165) is 4.47 Å². The van der Waals surface area contributed by atoms with Crippen LogP contribution in [-0.4, -0.2) is 10.8 Å². The summed E-state index contributed by atoms with van der Waals surface area (Å²) in [6.07, 6.45) is 1.29. The van der Waals surface area contributed by atoms with Gasteiger partial charge in [0.15, 0.2) is 0 Å². The Labute approximate surface area is 145 Å². The Kier molecular flexibility index (Phi) is 5.65. The summed E-state index contributed by atoms with van der Waals surface area (Å²) in [4.78, 5) is 22.1. The Morgan fingerprint density at radius 2 is 1.92 bits per heavy atom. The van der Waals surface area contributed by atoms with Crippen molar-refractivity contribution < 1.29 is 9.72 Å². The highest BCUT2D eigenvalue weighted by Gasteiger charge is 2.10. The number of nitro groups is 1. The minimum atomic E-state index is -0.617. The van der Waals surface area contributed by atoms with Crippen LogP contribution in [-0.2, 0) is 4.79 Å². The molecule has 0 heterocycles. The molecule has 120 valence electrons. The third-order valence-corrected chi connectivity index (χ3v) is 3.40. The Bertz CT molecular complexity index is 841. The van der Waals surface area contributed by atoms with E-state index < -0.39 is 10.8 Å². The molecule has 0 spiro atoms. The molecule has 2 aromatic rings. The molecular weight excluding hydrogens is 376 g/mol. The lowest BCUT2D eigenvalue weighted by molar-refractivity contribution is -0.384. The number of carbonyl (C=O) groups is 1. The summed E-state index contributed by atoms with van der Waals surface area (Å²) in [6.45, 7) is 0. The molecule has 0 saturated carbocycles. The number of benzene rings is 2. The molecule has 0 aliphatic rings. The number of halogens is 1. The van der Waals surface area contributed by atoms with E-state index in [4.69, 9.17) is 5.26 Å². The molecule has 1 amide bonds. The van der Waals surface area contributed by atoms with Gasteiger partial charge in [-0.2, -0.15) is 5.26 Å². The molecular formula is C16H11BrN4O3. The highest BCUT2D eigenvalue weighted by molar-refractivity contribution is 9.10. The molecule has 2 aromatic carbocycles. The molecule has 2 rings (SSSR count). The Morgan fingerprint density at radius 1 is 1.21 bits per heavy atom. The number of hydrogen-bond acceptors (Lipinski definition) is 5. The zero-order chi connectivity index (χ0) is 17.5. The van der Waals surface area contributed by atoms with Crippen LogP contribution in [0.4, 0.5) is 17.1 Å². The topological polar surface area (TPSA) is 108 Å². The molecule has 0 radical (unpaired) electrons. The van der Waals surface area contributed by atoms with Gasteiger partial charge in [-0.05, 0) is 30.3 Å². The van der Waals surface area contributed by atoms with Crippen LogP contribution in [0, 0.1) is 21.4 Å². The van der Waals surface area contributed by atoms with Crippen molar-refractivity contribution in [1.82, 2.24) is 0 Å². The zero-order valence-electron chi connectivity index (χ0n) is 12.2. The van der Waals surface area contributed by atoms with Crippen LogP contribution in [0.15, 0.2) is 64.8 Å². The lowest BCUT2D eigenvalue weighted by Gasteiger charge is -2.05. The highest BCUT2D eigenvalue weighted by Crippen LogP contribution is 2.17.